The van der Waals surface area contributed by atoms with E-state index in [1.807, 2.05) is 0 Å². The predicted octanol–water partition coefficient (Wildman–Crippen LogP) is 2.67. The van der Waals surface area contributed by atoms with E-state index in [1.165, 1.54) is 12.1 Å². The Morgan fingerprint density at radius 2 is 1.67 bits per heavy atom. The molecule has 1 aliphatic heterocycles. The van der Waals surface area contributed by atoms with Gasteiger partial charge in [-0.05, 0) is 44.9 Å². The topological polar surface area (TPSA) is 26.7 Å². The molecule has 0 aromatic heterocycles. The Hall–Kier alpha value is -0.970. The minimum absolute atomic E-state index is 0.236. The third-order valence-electron chi connectivity index (χ3n) is 4.29. The molecule has 1 unspecified atom stereocenters. The predicted molar refractivity (Wildman–Crippen MR) is 83.7 cm³/mol. The zero-order valence-corrected chi connectivity index (χ0v) is 13.3. The Balaban J connectivity index is 1.76. The van der Waals surface area contributed by atoms with Gasteiger partial charge in [-0.2, -0.15) is 0 Å². The van der Waals surface area contributed by atoms with Crippen LogP contribution in [0.2, 0.25) is 0 Å². The van der Waals surface area contributed by atoms with Gasteiger partial charge in [-0.25, -0.2) is 4.39 Å². The van der Waals surface area contributed by atoms with E-state index < -0.39 is 6.10 Å². The van der Waals surface area contributed by atoms with Crippen molar-refractivity contribution in [3.8, 4) is 0 Å². The summed E-state index contributed by atoms with van der Waals surface area (Å²) < 4.78 is 12.9. The number of hydrogen-bond acceptors (Lipinski definition) is 3. The molecule has 0 amide bonds. The highest BCUT2D eigenvalue weighted by atomic mass is 19.1. The maximum Gasteiger partial charge on any atom is 0.123 e. The van der Waals surface area contributed by atoms with Gasteiger partial charge in [0, 0.05) is 38.3 Å². The summed E-state index contributed by atoms with van der Waals surface area (Å²) in [5.41, 5.74) is 1.03. The number of nitrogens with zero attached hydrogens (tertiary/aromatic N) is 2. The van der Waals surface area contributed by atoms with Crippen LogP contribution in [0.25, 0.3) is 0 Å². The molecule has 3 nitrogen and oxygen atoms in total. The smallest absolute Gasteiger partial charge is 0.123 e. The van der Waals surface area contributed by atoms with E-state index in [0.29, 0.717) is 6.42 Å². The summed E-state index contributed by atoms with van der Waals surface area (Å²) in [6, 6.07) is 6.14. The van der Waals surface area contributed by atoms with Crippen molar-refractivity contribution in [2.45, 2.75) is 38.8 Å². The quantitative estimate of drug-likeness (QED) is 0.925. The highest BCUT2D eigenvalue weighted by molar-refractivity contribution is 5.18. The monoisotopic (exact) mass is 294 g/mol. The molecule has 1 saturated heterocycles. The fourth-order valence-corrected chi connectivity index (χ4v) is 2.80. The molecule has 4 heteroatoms. The average molecular weight is 294 g/mol. The lowest BCUT2D eigenvalue weighted by Crippen LogP contribution is -2.53. The number of aliphatic hydroxyl groups excluding tert-OH is 1. The number of benzene rings is 1. The minimum atomic E-state index is -0.508. The zero-order chi connectivity index (χ0) is 15.5. The first-order valence-corrected chi connectivity index (χ1v) is 7.77. The van der Waals surface area contributed by atoms with Crippen LogP contribution in [0.1, 0.15) is 38.9 Å². The highest BCUT2D eigenvalue weighted by Crippen LogP contribution is 2.19. The van der Waals surface area contributed by atoms with Gasteiger partial charge in [0.15, 0.2) is 0 Å². The van der Waals surface area contributed by atoms with E-state index in [1.54, 1.807) is 12.1 Å². The third-order valence-corrected chi connectivity index (χ3v) is 4.29. The second-order valence-corrected chi connectivity index (χ2v) is 6.86. The van der Waals surface area contributed by atoms with Crippen LogP contribution >= 0.6 is 0 Å². The Morgan fingerprint density at radius 3 is 2.19 bits per heavy atom. The Labute approximate surface area is 127 Å². The first kappa shape index (κ1) is 16.4. The van der Waals surface area contributed by atoms with Crippen molar-refractivity contribution >= 4 is 0 Å². The van der Waals surface area contributed by atoms with Gasteiger partial charge in [0.2, 0.25) is 0 Å². The molecule has 1 atom stereocenters. The lowest BCUT2D eigenvalue weighted by atomic mass is 10.0. The molecular formula is C17H27FN2O. The van der Waals surface area contributed by atoms with Crippen LogP contribution in [0.5, 0.6) is 0 Å². The molecule has 0 saturated carbocycles. The van der Waals surface area contributed by atoms with E-state index >= 15 is 0 Å². The van der Waals surface area contributed by atoms with Crippen molar-refractivity contribution in [3.63, 3.8) is 0 Å². The number of aliphatic hydroxyl groups is 1. The summed E-state index contributed by atoms with van der Waals surface area (Å²) in [6.07, 6.45) is 0.187. The van der Waals surface area contributed by atoms with E-state index in [4.69, 9.17) is 0 Å². The fourth-order valence-electron chi connectivity index (χ4n) is 2.80. The zero-order valence-electron chi connectivity index (χ0n) is 13.3. The van der Waals surface area contributed by atoms with Gasteiger partial charge in [-0.1, -0.05) is 12.1 Å². The minimum Gasteiger partial charge on any atom is -0.388 e. The first-order valence-electron chi connectivity index (χ1n) is 7.77. The lowest BCUT2D eigenvalue weighted by molar-refractivity contribution is 0.0533. The summed E-state index contributed by atoms with van der Waals surface area (Å²) in [6.45, 7) is 11.9. The fraction of sp³-hybridized carbons (Fsp3) is 0.647. The number of rotatable bonds is 4. The van der Waals surface area contributed by atoms with Crippen LogP contribution in [0, 0.1) is 5.82 Å². The molecule has 1 N–H and O–H groups in total. The molecular weight excluding hydrogens is 267 g/mol. The van der Waals surface area contributed by atoms with Crippen LogP contribution in [0.3, 0.4) is 0 Å². The van der Waals surface area contributed by atoms with Gasteiger partial charge in [0.25, 0.3) is 0 Å². The molecule has 1 aromatic carbocycles. The number of piperazine rings is 1. The van der Waals surface area contributed by atoms with Crippen molar-refractivity contribution in [1.29, 1.82) is 0 Å². The third kappa shape index (κ3) is 4.77. The normalized spacial score (nSPS) is 19.7. The molecule has 21 heavy (non-hydrogen) atoms. The summed E-state index contributed by atoms with van der Waals surface area (Å²) in [5.74, 6) is -0.260. The van der Waals surface area contributed by atoms with E-state index in [2.05, 4.69) is 30.6 Å². The van der Waals surface area contributed by atoms with Gasteiger partial charge < -0.3 is 10.0 Å². The van der Waals surface area contributed by atoms with E-state index in [0.717, 1.165) is 38.3 Å². The van der Waals surface area contributed by atoms with Crippen molar-refractivity contribution < 1.29 is 9.50 Å². The maximum absolute atomic E-state index is 12.9. The van der Waals surface area contributed by atoms with Gasteiger partial charge in [0.05, 0.1) is 6.10 Å². The van der Waals surface area contributed by atoms with Crippen molar-refractivity contribution in [1.82, 2.24) is 9.80 Å². The van der Waals surface area contributed by atoms with Crippen LogP contribution in [-0.4, -0.2) is 53.2 Å². The summed E-state index contributed by atoms with van der Waals surface area (Å²) in [4.78, 5) is 4.90. The number of halogens is 1. The van der Waals surface area contributed by atoms with Crippen LogP contribution < -0.4 is 0 Å². The molecule has 1 aliphatic rings. The molecule has 1 heterocycles. The highest BCUT2D eigenvalue weighted by Gasteiger charge is 2.25. The Kier molecular flexibility index (Phi) is 5.36. The molecule has 0 radical (unpaired) electrons. The van der Waals surface area contributed by atoms with Crippen LogP contribution in [-0.2, 0) is 0 Å². The van der Waals surface area contributed by atoms with Crippen molar-refractivity contribution in [3.05, 3.63) is 35.6 Å². The summed E-state index contributed by atoms with van der Waals surface area (Å²) >= 11 is 0. The second kappa shape index (κ2) is 6.86. The molecule has 118 valence electrons. The first-order chi connectivity index (χ1) is 9.86. The standard InChI is InChI=1S/C17H27FN2O/c1-17(2,3)20-12-10-19(11-13-20)9-8-16(21)14-4-6-15(18)7-5-14/h4-7,16,21H,8-13H2,1-3H3. The van der Waals surface area contributed by atoms with Gasteiger partial charge in [-0.3, -0.25) is 4.90 Å². The van der Waals surface area contributed by atoms with Crippen LogP contribution in [0.15, 0.2) is 24.3 Å². The lowest BCUT2D eigenvalue weighted by Gasteiger charge is -2.42. The molecule has 2 rings (SSSR count). The molecule has 1 aromatic rings. The largest absolute Gasteiger partial charge is 0.388 e. The molecule has 0 aliphatic carbocycles. The molecule has 0 spiro atoms. The van der Waals surface area contributed by atoms with Crippen molar-refractivity contribution in [2.24, 2.45) is 0 Å². The Bertz CT molecular complexity index is 433. The average Bonchev–Trinajstić information content (AvgIpc) is 2.45. The number of hydrogen-bond donors (Lipinski definition) is 1. The van der Waals surface area contributed by atoms with E-state index in [-0.39, 0.29) is 11.4 Å². The van der Waals surface area contributed by atoms with Crippen LogP contribution in [0.4, 0.5) is 4.39 Å². The second-order valence-electron chi connectivity index (χ2n) is 6.86. The van der Waals surface area contributed by atoms with E-state index in [9.17, 15) is 9.50 Å². The molecule has 1 fully saturated rings. The SMILES string of the molecule is CC(C)(C)N1CCN(CCC(O)c2ccc(F)cc2)CC1. The van der Waals surface area contributed by atoms with Gasteiger partial charge >= 0.3 is 0 Å². The van der Waals surface area contributed by atoms with Gasteiger partial charge in [0.1, 0.15) is 5.82 Å². The molecule has 0 bridgehead atoms. The summed E-state index contributed by atoms with van der Waals surface area (Å²) in [5, 5.41) is 10.2. The Morgan fingerprint density at radius 1 is 1.10 bits per heavy atom. The van der Waals surface area contributed by atoms with Crippen molar-refractivity contribution in [2.75, 3.05) is 32.7 Å². The van der Waals surface area contributed by atoms with Gasteiger partial charge in [-0.15, -0.1) is 0 Å². The summed E-state index contributed by atoms with van der Waals surface area (Å²) in [7, 11) is 0. The maximum atomic E-state index is 12.9.